The molecule has 0 heterocycles. The maximum absolute atomic E-state index is 12.0. The van der Waals surface area contributed by atoms with Crippen LogP contribution in [-0.2, 0) is 5.41 Å². The molecule has 3 N–H and O–H groups in total. The number of carbonyl (C=O) groups excluding carboxylic acids is 1. The van der Waals surface area contributed by atoms with E-state index in [1.807, 2.05) is 24.3 Å². The summed E-state index contributed by atoms with van der Waals surface area (Å²) >= 11 is 0. The Hall–Kier alpha value is -2.33. The fraction of sp³-hybridized carbons (Fsp3) is 0.350. The largest absolute Gasteiger partial charge is 0.395 e. The van der Waals surface area contributed by atoms with Crippen LogP contribution < -0.4 is 10.6 Å². The average molecular weight is 326 g/mol. The van der Waals surface area contributed by atoms with Gasteiger partial charge in [-0.1, -0.05) is 50.2 Å². The van der Waals surface area contributed by atoms with Crippen molar-refractivity contribution >= 4 is 11.6 Å². The van der Waals surface area contributed by atoms with Gasteiger partial charge in [0.2, 0.25) is 0 Å². The van der Waals surface area contributed by atoms with Crippen molar-refractivity contribution in [3.63, 3.8) is 0 Å². The maximum atomic E-state index is 12.0. The van der Waals surface area contributed by atoms with Crippen molar-refractivity contribution in [2.24, 2.45) is 0 Å². The Labute approximate surface area is 143 Å². The van der Waals surface area contributed by atoms with E-state index in [0.29, 0.717) is 5.56 Å². The van der Waals surface area contributed by atoms with E-state index >= 15 is 0 Å². The number of hydrogen-bond acceptors (Lipinski definition) is 3. The van der Waals surface area contributed by atoms with Crippen molar-refractivity contribution in [1.29, 1.82) is 0 Å². The lowest BCUT2D eigenvalue weighted by Crippen LogP contribution is -2.37. The van der Waals surface area contributed by atoms with Gasteiger partial charge in [0.1, 0.15) is 0 Å². The molecule has 0 bridgehead atoms. The van der Waals surface area contributed by atoms with Crippen LogP contribution in [0.15, 0.2) is 54.6 Å². The summed E-state index contributed by atoms with van der Waals surface area (Å²) in [5.41, 5.74) is 2.69. The molecular formula is C20H26N2O2. The standard InChI is InChI=1S/C20H26N2O2/c1-15(20(2,3)17-9-5-4-6-10-17)22-18-11-7-8-16(14-18)19(24)21-12-13-23/h4-11,14-15,22-23H,12-13H2,1-3H3,(H,21,24). The third-order valence-electron chi connectivity index (χ3n) is 4.51. The van der Waals surface area contributed by atoms with Gasteiger partial charge in [0.15, 0.2) is 0 Å². The van der Waals surface area contributed by atoms with Crippen LogP contribution in [0.2, 0.25) is 0 Å². The predicted molar refractivity (Wildman–Crippen MR) is 98.4 cm³/mol. The first kappa shape index (κ1) is 18.0. The summed E-state index contributed by atoms with van der Waals surface area (Å²) in [6, 6.07) is 18.0. The molecule has 0 saturated heterocycles. The quantitative estimate of drug-likeness (QED) is 0.732. The monoisotopic (exact) mass is 326 g/mol. The van der Waals surface area contributed by atoms with Gasteiger partial charge in [-0.2, -0.15) is 0 Å². The Bertz CT molecular complexity index is 668. The van der Waals surface area contributed by atoms with Gasteiger partial charge in [0.25, 0.3) is 5.91 Å². The molecule has 4 heteroatoms. The van der Waals surface area contributed by atoms with Crippen molar-refractivity contribution in [3.8, 4) is 0 Å². The van der Waals surface area contributed by atoms with E-state index < -0.39 is 0 Å². The first-order valence-electron chi connectivity index (χ1n) is 8.26. The van der Waals surface area contributed by atoms with E-state index in [-0.39, 0.29) is 30.5 Å². The van der Waals surface area contributed by atoms with Gasteiger partial charge in [-0.05, 0) is 30.7 Å². The van der Waals surface area contributed by atoms with Gasteiger partial charge in [0.05, 0.1) is 6.61 Å². The minimum Gasteiger partial charge on any atom is -0.395 e. The average Bonchev–Trinajstić information content (AvgIpc) is 2.60. The third kappa shape index (κ3) is 4.36. The summed E-state index contributed by atoms with van der Waals surface area (Å²) in [4.78, 5) is 12.0. The van der Waals surface area contributed by atoms with Crippen LogP contribution in [0.25, 0.3) is 0 Å². The van der Waals surface area contributed by atoms with Gasteiger partial charge in [0, 0.05) is 29.3 Å². The molecule has 128 valence electrons. The molecule has 0 aromatic heterocycles. The number of aliphatic hydroxyl groups is 1. The number of aliphatic hydroxyl groups excluding tert-OH is 1. The minimum atomic E-state index is -0.178. The molecule has 2 aromatic rings. The molecule has 0 spiro atoms. The molecule has 0 aliphatic rings. The van der Waals surface area contributed by atoms with E-state index in [0.717, 1.165) is 5.69 Å². The molecule has 24 heavy (non-hydrogen) atoms. The summed E-state index contributed by atoms with van der Waals surface area (Å²) in [5.74, 6) is -0.178. The van der Waals surface area contributed by atoms with E-state index in [1.165, 1.54) is 5.56 Å². The number of carbonyl (C=O) groups is 1. The lowest BCUT2D eigenvalue weighted by Gasteiger charge is -2.34. The van der Waals surface area contributed by atoms with E-state index in [2.05, 4.69) is 55.7 Å². The van der Waals surface area contributed by atoms with E-state index in [1.54, 1.807) is 6.07 Å². The molecule has 2 aromatic carbocycles. The molecular weight excluding hydrogens is 300 g/mol. The molecule has 0 radical (unpaired) electrons. The van der Waals surface area contributed by atoms with Gasteiger partial charge >= 0.3 is 0 Å². The second-order valence-corrected chi connectivity index (χ2v) is 6.51. The third-order valence-corrected chi connectivity index (χ3v) is 4.51. The lowest BCUT2D eigenvalue weighted by molar-refractivity contribution is 0.0945. The Morgan fingerprint density at radius 1 is 1.12 bits per heavy atom. The van der Waals surface area contributed by atoms with Crippen LogP contribution in [0.5, 0.6) is 0 Å². The SMILES string of the molecule is CC(Nc1cccc(C(=O)NCCO)c1)C(C)(C)c1ccccc1. The first-order valence-corrected chi connectivity index (χ1v) is 8.26. The minimum absolute atomic E-state index is 0.0591. The smallest absolute Gasteiger partial charge is 0.251 e. The van der Waals surface area contributed by atoms with Gasteiger partial charge < -0.3 is 15.7 Å². The highest BCUT2D eigenvalue weighted by Crippen LogP contribution is 2.29. The first-order chi connectivity index (χ1) is 11.4. The highest BCUT2D eigenvalue weighted by molar-refractivity contribution is 5.95. The van der Waals surface area contributed by atoms with E-state index in [4.69, 9.17) is 5.11 Å². The molecule has 0 aliphatic carbocycles. The summed E-state index contributed by atoms with van der Waals surface area (Å²) in [6.45, 7) is 6.75. The van der Waals surface area contributed by atoms with Crippen LogP contribution in [0.4, 0.5) is 5.69 Å². The Balaban J connectivity index is 2.11. The van der Waals surface area contributed by atoms with E-state index in [9.17, 15) is 4.79 Å². The molecule has 2 rings (SSSR count). The lowest BCUT2D eigenvalue weighted by atomic mass is 9.78. The van der Waals surface area contributed by atoms with Crippen LogP contribution in [0.3, 0.4) is 0 Å². The van der Waals surface area contributed by atoms with Crippen molar-refractivity contribution < 1.29 is 9.90 Å². The Morgan fingerprint density at radius 3 is 2.50 bits per heavy atom. The Morgan fingerprint density at radius 2 is 1.83 bits per heavy atom. The zero-order valence-electron chi connectivity index (χ0n) is 14.5. The summed E-state index contributed by atoms with van der Waals surface area (Å²) in [6.07, 6.45) is 0. The fourth-order valence-corrected chi connectivity index (χ4v) is 2.57. The van der Waals surface area contributed by atoms with Crippen molar-refractivity contribution in [3.05, 3.63) is 65.7 Å². The highest BCUT2D eigenvalue weighted by atomic mass is 16.3. The second-order valence-electron chi connectivity index (χ2n) is 6.51. The number of anilines is 1. The molecule has 4 nitrogen and oxygen atoms in total. The van der Waals surface area contributed by atoms with Crippen molar-refractivity contribution in [2.75, 3.05) is 18.5 Å². The highest BCUT2D eigenvalue weighted by Gasteiger charge is 2.27. The molecule has 1 amide bonds. The zero-order valence-corrected chi connectivity index (χ0v) is 14.5. The number of nitrogens with one attached hydrogen (secondary N) is 2. The Kier molecular flexibility index (Phi) is 5.99. The normalized spacial score (nSPS) is 12.5. The maximum Gasteiger partial charge on any atom is 0.251 e. The van der Waals surface area contributed by atoms with Gasteiger partial charge in [-0.15, -0.1) is 0 Å². The van der Waals surface area contributed by atoms with Crippen LogP contribution in [-0.4, -0.2) is 30.2 Å². The molecule has 1 unspecified atom stereocenters. The number of benzene rings is 2. The molecule has 0 saturated carbocycles. The zero-order chi connectivity index (χ0) is 17.6. The summed E-state index contributed by atoms with van der Waals surface area (Å²) in [5, 5.41) is 15.0. The van der Waals surface area contributed by atoms with Crippen molar-refractivity contribution in [2.45, 2.75) is 32.2 Å². The number of amides is 1. The predicted octanol–water partition coefficient (Wildman–Crippen LogP) is 3.19. The molecule has 0 aliphatic heterocycles. The number of hydrogen-bond donors (Lipinski definition) is 3. The van der Waals surface area contributed by atoms with Gasteiger partial charge in [-0.3, -0.25) is 4.79 Å². The summed E-state index contributed by atoms with van der Waals surface area (Å²) in [7, 11) is 0. The van der Waals surface area contributed by atoms with Crippen LogP contribution in [0, 0.1) is 0 Å². The second kappa shape index (κ2) is 7.97. The van der Waals surface area contributed by atoms with Crippen LogP contribution in [0.1, 0.15) is 36.7 Å². The number of rotatable bonds is 7. The van der Waals surface area contributed by atoms with Crippen molar-refractivity contribution in [1.82, 2.24) is 5.32 Å². The van der Waals surface area contributed by atoms with Crippen LogP contribution >= 0.6 is 0 Å². The summed E-state index contributed by atoms with van der Waals surface area (Å²) < 4.78 is 0. The van der Waals surface area contributed by atoms with Gasteiger partial charge in [-0.25, -0.2) is 0 Å². The molecule has 0 fully saturated rings. The fourth-order valence-electron chi connectivity index (χ4n) is 2.57. The topological polar surface area (TPSA) is 61.4 Å². The molecule has 1 atom stereocenters.